The zero-order valence-corrected chi connectivity index (χ0v) is 10.1. The lowest BCUT2D eigenvalue weighted by atomic mass is 9.69. The van der Waals surface area contributed by atoms with Crippen LogP contribution in [0.25, 0.3) is 0 Å². The van der Waals surface area contributed by atoms with Crippen molar-refractivity contribution in [3.05, 3.63) is 0 Å². The second-order valence-corrected chi connectivity index (χ2v) is 5.78. The molecule has 4 atom stereocenters. The first kappa shape index (κ1) is 11.4. The van der Waals surface area contributed by atoms with Gasteiger partial charge in [0.1, 0.15) is 0 Å². The Labute approximate surface area is 94.3 Å². The van der Waals surface area contributed by atoms with Crippen LogP contribution in [0.4, 0.5) is 0 Å². The third-order valence-electron chi connectivity index (χ3n) is 4.75. The van der Waals surface area contributed by atoms with E-state index in [2.05, 4.69) is 6.92 Å². The van der Waals surface area contributed by atoms with Crippen molar-refractivity contribution in [3.8, 4) is 0 Å². The quantitative estimate of drug-likeness (QED) is 0.736. The number of rotatable bonds is 2. The number of aliphatic hydroxyl groups excluding tert-OH is 1. The Bertz CT molecular complexity index is 190. The standard InChI is InChI=1S/C14H26O/c1-2-11-5-3-6-12(9-11)13-7-4-8-14(15)10-13/h11-15H,2-10H2,1H3. The number of hydrogen-bond acceptors (Lipinski definition) is 1. The maximum atomic E-state index is 9.73. The van der Waals surface area contributed by atoms with E-state index in [4.69, 9.17) is 0 Å². The first-order chi connectivity index (χ1) is 7.29. The van der Waals surface area contributed by atoms with E-state index in [0.717, 1.165) is 30.6 Å². The molecule has 0 saturated heterocycles. The second kappa shape index (κ2) is 5.34. The van der Waals surface area contributed by atoms with Gasteiger partial charge in [0.05, 0.1) is 6.10 Å². The molecule has 2 fully saturated rings. The third-order valence-corrected chi connectivity index (χ3v) is 4.75. The molecule has 0 amide bonds. The van der Waals surface area contributed by atoms with Crippen LogP contribution in [0.15, 0.2) is 0 Å². The van der Waals surface area contributed by atoms with Gasteiger partial charge in [-0.05, 0) is 43.4 Å². The normalized spacial score (nSPS) is 42.8. The van der Waals surface area contributed by atoms with E-state index in [1.165, 1.54) is 44.9 Å². The van der Waals surface area contributed by atoms with E-state index < -0.39 is 0 Å². The van der Waals surface area contributed by atoms with Crippen LogP contribution in [-0.2, 0) is 0 Å². The predicted molar refractivity (Wildman–Crippen MR) is 63.7 cm³/mol. The highest BCUT2D eigenvalue weighted by Gasteiger charge is 2.30. The van der Waals surface area contributed by atoms with Gasteiger partial charge in [-0.15, -0.1) is 0 Å². The molecule has 2 rings (SSSR count). The number of aliphatic hydroxyl groups is 1. The van der Waals surface area contributed by atoms with Crippen LogP contribution in [0.3, 0.4) is 0 Å². The summed E-state index contributed by atoms with van der Waals surface area (Å²) in [5.74, 6) is 2.78. The zero-order chi connectivity index (χ0) is 10.7. The Hall–Kier alpha value is -0.0400. The van der Waals surface area contributed by atoms with Crippen LogP contribution in [0, 0.1) is 17.8 Å². The molecule has 1 N–H and O–H groups in total. The summed E-state index contributed by atoms with van der Waals surface area (Å²) in [7, 11) is 0. The van der Waals surface area contributed by atoms with Crippen LogP contribution in [0.1, 0.15) is 64.7 Å². The van der Waals surface area contributed by atoms with E-state index in [1.807, 2.05) is 0 Å². The molecule has 0 spiro atoms. The van der Waals surface area contributed by atoms with Crippen molar-refractivity contribution < 1.29 is 5.11 Å². The molecule has 2 saturated carbocycles. The van der Waals surface area contributed by atoms with Gasteiger partial charge in [-0.2, -0.15) is 0 Å². The van der Waals surface area contributed by atoms with E-state index in [0.29, 0.717) is 0 Å². The fourth-order valence-corrected chi connectivity index (χ4v) is 3.76. The molecule has 0 heterocycles. The molecule has 4 unspecified atom stereocenters. The molecule has 0 aliphatic heterocycles. The maximum Gasteiger partial charge on any atom is 0.0543 e. The van der Waals surface area contributed by atoms with Crippen LogP contribution in [0.2, 0.25) is 0 Å². The molecule has 2 aliphatic carbocycles. The monoisotopic (exact) mass is 210 g/mol. The van der Waals surface area contributed by atoms with Gasteiger partial charge in [-0.3, -0.25) is 0 Å². The highest BCUT2D eigenvalue weighted by atomic mass is 16.3. The van der Waals surface area contributed by atoms with Gasteiger partial charge in [0.25, 0.3) is 0 Å². The van der Waals surface area contributed by atoms with Crippen LogP contribution in [-0.4, -0.2) is 11.2 Å². The lowest BCUT2D eigenvalue weighted by molar-refractivity contribution is 0.0617. The first-order valence-electron chi connectivity index (χ1n) is 6.97. The van der Waals surface area contributed by atoms with E-state index in [9.17, 15) is 5.11 Å². The third kappa shape index (κ3) is 2.96. The average molecular weight is 210 g/mol. The van der Waals surface area contributed by atoms with Gasteiger partial charge in [0.2, 0.25) is 0 Å². The van der Waals surface area contributed by atoms with Crippen LogP contribution < -0.4 is 0 Å². The molecule has 0 aromatic carbocycles. The van der Waals surface area contributed by atoms with Gasteiger partial charge < -0.3 is 5.11 Å². The van der Waals surface area contributed by atoms with Gasteiger partial charge in [0.15, 0.2) is 0 Å². The molecular formula is C14H26O. The lowest BCUT2D eigenvalue weighted by Gasteiger charge is -2.37. The molecule has 0 aromatic heterocycles. The first-order valence-corrected chi connectivity index (χ1v) is 6.97. The van der Waals surface area contributed by atoms with Gasteiger partial charge in [-0.25, -0.2) is 0 Å². The number of hydrogen-bond donors (Lipinski definition) is 1. The molecule has 15 heavy (non-hydrogen) atoms. The lowest BCUT2D eigenvalue weighted by Crippen LogP contribution is -2.29. The topological polar surface area (TPSA) is 20.2 Å². The van der Waals surface area contributed by atoms with Crippen molar-refractivity contribution in [2.75, 3.05) is 0 Å². The average Bonchev–Trinajstić information content (AvgIpc) is 2.29. The second-order valence-electron chi connectivity index (χ2n) is 5.78. The largest absolute Gasteiger partial charge is 0.393 e. The molecule has 0 radical (unpaired) electrons. The summed E-state index contributed by atoms with van der Waals surface area (Å²) in [5, 5.41) is 9.73. The molecule has 0 aromatic rings. The van der Waals surface area contributed by atoms with E-state index >= 15 is 0 Å². The summed E-state index contributed by atoms with van der Waals surface area (Å²) < 4.78 is 0. The molecule has 1 nitrogen and oxygen atoms in total. The maximum absolute atomic E-state index is 9.73. The van der Waals surface area contributed by atoms with Gasteiger partial charge in [0, 0.05) is 0 Å². The van der Waals surface area contributed by atoms with Crippen molar-refractivity contribution in [1.29, 1.82) is 0 Å². The highest BCUT2D eigenvalue weighted by Crippen LogP contribution is 2.40. The smallest absolute Gasteiger partial charge is 0.0543 e. The van der Waals surface area contributed by atoms with Gasteiger partial charge in [-0.1, -0.05) is 39.0 Å². The summed E-state index contributed by atoms with van der Waals surface area (Å²) in [6.07, 6.45) is 12.0. The molecule has 2 aliphatic rings. The van der Waals surface area contributed by atoms with Crippen molar-refractivity contribution >= 4 is 0 Å². The predicted octanol–water partition coefficient (Wildman–Crippen LogP) is 3.75. The summed E-state index contributed by atoms with van der Waals surface area (Å²) in [4.78, 5) is 0. The minimum Gasteiger partial charge on any atom is -0.393 e. The van der Waals surface area contributed by atoms with Gasteiger partial charge >= 0.3 is 0 Å². The minimum atomic E-state index is 0.0192. The SMILES string of the molecule is CCC1CCCC(C2CCCC(O)C2)C1. The fourth-order valence-electron chi connectivity index (χ4n) is 3.76. The van der Waals surface area contributed by atoms with Crippen molar-refractivity contribution in [2.24, 2.45) is 17.8 Å². The minimum absolute atomic E-state index is 0.0192. The summed E-state index contributed by atoms with van der Waals surface area (Å²) in [6.45, 7) is 2.34. The zero-order valence-electron chi connectivity index (χ0n) is 10.1. The molecule has 88 valence electrons. The van der Waals surface area contributed by atoms with Crippen LogP contribution >= 0.6 is 0 Å². The van der Waals surface area contributed by atoms with Crippen LogP contribution in [0.5, 0.6) is 0 Å². The molecular weight excluding hydrogens is 184 g/mol. The van der Waals surface area contributed by atoms with E-state index in [1.54, 1.807) is 0 Å². The fraction of sp³-hybridized carbons (Fsp3) is 1.00. The van der Waals surface area contributed by atoms with Crippen molar-refractivity contribution in [1.82, 2.24) is 0 Å². The Balaban J connectivity index is 1.86. The summed E-state index contributed by atoms with van der Waals surface area (Å²) in [6, 6.07) is 0. The van der Waals surface area contributed by atoms with Crippen molar-refractivity contribution in [2.45, 2.75) is 70.8 Å². The Kier molecular flexibility index (Phi) is 4.07. The molecule has 1 heteroatoms. The van der Waals surface area contributed by atoms with E-state index in [-0.39, 0.29) is 6.10 Å². The highest BCUT2D eigenvalue weighted by molar-refractivity contribution is 4.82. The summed E-state index contributed by atoms with van der Waals surface area (Å²) in [5.41, 5.74) is 0. The molecule has 0 bridgehead atoms. The summed E-state index contributed by atoms with van der Waals surface area (Å²) >= 11 is 0. The van der Waals surface area contributed by atoms with Crippen molar-refractivity contribution in [3.63, 3.8) is 0 Å². The Morgan fingerprint density at radius 1 is 0.933 bits per heavy atom. The Morgan fingerprint density at radius 3 is 2.27 bits per heavy atom. The Morgan fingerprint density at radius 2 is 1.60 bits per heavy atom.